The molecule has 0 N–H and O–H groups in total. The SMILES string of the molecule is N#Cc1ccc(C=CS(=O)(=O)CS(=O)(=O)/C=C/c2ccc(C#N)cc2F)c(F)c1. The van der Waals surface area contributed by atoms with Gasteiger partial charge in [-0.05, 0) is 36.4 Å². The normalized spacial score (nSPS) is 12.1. The van der Waals surface area contributed by atoms with Gasteiger partial charge < -0.3 is 0 Å². The van der Waals surface area contributed by atoms with Crippen LogP contribution in [-0.2, 0) is 19.7 Å². The quantitative estimate of drug-likeness (QED) is 0.690. The minimum absolute atomic E-state index is 0.0465. The highest BCUT2D eigenvalue weighted by molar-refractivity contribution is 8.10. The Kier molecular flexibility index (Phi) is 6.64. The monoisotopic (exact) mass is 434 g/mol. The summed E-state index contributed by atoms with van der Waals surface area (Å²) < 4.78 is 75.7. The van der Waals surface area contributed by atoms with Crippen LogP contribution in [-0.4, -0.2) is 21.9 Å². The van der Waals surface area contributed by atoms with Crippen molar-refractivity contribution >= 4 is 31.8 Å². The Balaban J connectivity index is 2.18. The van der Waals surface area contributed by atoms with E-state index >= 15 is 0 Å². The van der Waals surface area contributed by atoms with Crippen LogP contribution in [0.4, 0.5) is 8.78 Å². The standard InChI is InChI=1S/C19H12F2N2O4S2/c20-18-9-14(11-22)1-3-16(18)5-7-28(24,25)13-29(26,27)8-6-17-4-2-15(12-23)10-19(17)21/h1-10H,13H2/b7-5+,8-6?. The summed E-state index contributed by atoms with van der Waals surface area (Å²) in [6, 6.07) is 10.2. The van der Waals surface area contributed by atoms with Crippen molar-refractivity contribution in [3.63, 3.8) is 0 Å². The number of hydrogen-bond donors (Lipinski definition) is 0. The van der Waals surface area contributed by atoms with E-state index in [0.717, 1.165) is 24.3 Å². The third kappa shape index (κ3) is 6.35. The van der Waals surface area contributed by atoms with E-state index in [2.05, 4.69) is 0 Å². The van der Waals surface area contributed by atoms with Crippen LogP contribution in [0.15, 0.2) is 47.2 Å². The zero-order valence-electron chi connectivity index (χ0n) is 14.6. The molecule has 0 aliphatic rings. The van der Waals surface area contributed by atoms with Crippen molar-refractivity contribution in [3.8, 4) is 12.1 Å². The average Bonchev–Trinajstić information content (AvgIpc) is 2.65. The Morgan fingerprint density at radius 1 is 0.759 bits per heavy atom. The van der Waals surface area contributed by atoms with E-state index in [4.69, 9.17) is 10.5 Å². The highest BCUT2D eigenvalue weighted by Crippen LogP contribution is 2.15. The minimum atomic E-state index is -4.28. The third-order valence-electron chi connectivity index (χ3n) is 3.50. The van der Waals surface area contributed by atoms with E-state index in [-0.39, 0.29) is 22.3 Å². The first kappa shape index (κ1) is 22.0. The van der Waals surface area contributed by atoms with E-state index in [0.29, 0.717) is 10.8 Å². The Morgan fingerprint density at radius 3 is 1.45 bits per heavy atom. The fraction of sp³-hybridized carbons (Fsp3) is 0.0526. The number of hydrogen-bond acceptors (Lipinski definition) is 6. The Bertz CT molecular complexity index is 1200. The molecule has 29 heavy (non-hydrogen) atoms. The van der Waals surface area contributed by atoms with Gasteiger partial charge in [-0.2, -0.15) is 10.5 Å². The molecule has 0 aliphatic carbocycles. The van der Waals surface area contributed by atoms with Gasteiger partial charge in [-0.25, -0.2) is 25.6 Å². The van der Waals surface area contributed by atoms with E-state index in [1.54, 1.807) is 12.1 Å². The van der Waals surface area contributed by atoms with Crippen LogP contribution in [0.5, 0.6) is 0 Å². The maximum absolute atomic E-state index is 13.8. The number of nitriles is 2. The summed E-state index contributed by atoms with van der Waals surface area (Å²) in [5.41, 5.74) is -0.184. The number of nitrogens with zero attached hydrogens (tertiary/aromatic N) is 2. The Hall–Kier alpha value is -3.34. The first-order chi connectivity index (χ1) is 13.5. The number of benzene rings is 2. The number of rotatable bonds is 6. The lowest BCUT2D eigenvalue weighted by Crippen LogP contribution is -2.11. The van der Waals surface area contributed by atoms with Crippen molar-refractivity contribution in [2.24, 2.45) is 0 Å². The van der Waals surface area contributed by atoms with Gasteiger partial charge in [-0.15, -0.1) is 0 Å². The molecular formula is C19H12F2N2O4S2. The highest BCUT2D eigenvalue weighted by Gasteiger charge is 2.18. The predicted octanol–water partition coefficient (Wildman–Crippen LogP) is 3.14. The second-order valence-electron chi connectivity index (χ2n) is 5.75. The van der Waals surface area contributed by atoms with Crippen LogP contribution in [0, 0.1) is 34.3 Å². The molecule has 6 nitrogen and oxygen atoms in total. The lowest BCUT2D eigenvalue weighted by molar-refractivity contribution is 0.598. The molecule has 0 heterocycles. The van der Waals surface area contributed by atoms with Crippen molar-refractivity contribution in [3.05, 3.63) is 81.1 Å². The van der Waals surface area contributed by atoms with Crippen LogP contribution in [0.3, 0.4) is 0 Å². The summed E-state index contributed by atoms with van der Waals surface area (Å²) in [7, 11) is -8.57. The highest BCUT2D eigenvalue weighted by atomic mass is 32.3. The largest absolute Gasteiger partial charge is 0.223 e. The molecule has 2 aromatic carbocycles. The van der Waals surface area contributed by atoms with Gasteiger partial charge in [-0.1, -0.05) is 12.1 Å². The molecule has 0 bridgehead atoms. The molecule has 0 saturated heterocycles. The van der Waals surface area contributed by atoms with Crippen molar-refractivity contribution < 1.29 is 25.6 Å². The van der Waals surface area contributed by atoms with Crippen LogP contribution < -0.4 is 0 Å². The molecule has 0 atom stereocenters. The maximum atomic E-state index is 13.8. The fourth-order valence-electron chi connectivity index (χ4n) is 2.13. The van der Waals surface area contributed by atoms with Gasteiger partial charge in [0, 0.05) is 21.9 Å². The molecule has 0 aromatic heterocycles. The van der Waals surface area contributed by atoms with Crippen LogP contribution in [0.1, 0.15) is 22.3 Å². The molecule has 0 saturated carbocycles. The second-order valence-corrected chi connectivity index (χ2v) is 9.88. The molecule has 0 unspecified atom stereocenters. The van der Waals surface area contributed by atoms with Gasteiger partial charge in [0.2, 0.25) is 0 Å². The molecule has 0 amide bonds. The van der Waals surface area contributed by atoms with Crippen molar-refractivity contribution in [2.75, 3.05) is 5.08 Å². The molecule has 0 radical (unpaired) electrons. The summed E-state index contributed by atoms with van der Waals surface area (Å²) in [5, 5.41) is 17.1. The number of halogens is 2. The summed E-state index contributed by atoms with van der Waals surface area (Å²) >= 11 is 0. The molecule has 10 heteroatoms. The Morgan fingerprint density at radius 2 is 1.14 bits per heavy atom. The van der Waals surface area contributed by atoms with E-state index in [1.165, 1.54) is 24.3 Å². The first-order valence-corrected chi connectivity index (χ1v) is 11.2. The van der Waals surface area contributed by atoms with Crippen LogP contribution in [0.25, 0.3) is 12.2 Å². The van der Waals surface area contributed by atoms with Gasteiger partial charge in [0.05, 0.1) is 23.3 Å². The van der Waals surface area contributed by atoms with Crippen LogP contribution in [0.2, 0.25) is 0 Å². The molecule has 0 spiro atoms. The summed E-state index contributed by atoms with van der Waals surface area (Å²) in [6.45, 7) is 0. The third-order valence-corrected chi connectivity index (χ3v) is 7.23. The predicted molar refractivity (Wildman–Crippen MR) is 103 cm³/mol. The zero-order chi connectivity index (χ0) is 21.7. The zero-order valence-corrected chi connectivity index (χ0v) is 16.2. The second kappa shape index (κ2) is 8.78. The topological polar surface area (TPSA) is 116 Å². The van der Waals surface area contributed by atoms with Crippen molar-refractivity contribution in [1.29, 1.82) is 10.5 Å². The van der Waals surface area contributed by atoms with Crippen LogP contribution >= 0.6 is 0 Å². The van der Waals surface area contributed by atoms with Gasteiger partial charge in [0.15, 0.2) is 24.8 Å². The maximum Gasteiger partial charge on any atom is 0.186 e. The number of sulfone groups is 2. The Labute approximate surface area is 166 Å². The van der Waals surface area contributed by atoms with E-state index in [1.807, 2.05) is 0 Å². The smallest absolute Gasteiger partial charge is 0.186 e. The lowest BCUT2D eigenvalue weighted by Gasteiger charge is -2.00. The van der Waals surface area contributed by atoms with Crippen molar-refractivity contribution in [1.82, 2.24) is 0 Å². The van der Waals surface area contributed by atoms with E-state index in [9.17, 15) is 25.6 Å². The average molecular weight is 434 g/mol. The summed E-state index contributed by atoms with van der Waals surface area (Å²) in [6.07, 6.45) is 1.76. The molecule has 0 fully saturated rings. The van der Waals surface area contributed by atoms with Gasteiger partial charge in [0.25, 0.3) is 0 Å². The van der Waals surface area contributed by atoms with Gasteiger partial charge in [-0.3, -0.25) is 0 Å². The van der Waals surface area contributed by atoms with Gasteiger partial charge >= 0.3 is 0 Å². The molecule has 148 valence electrons. The molecule has 2 rings (SSSR count). The van der Waals surface area contributed by atoms with Gasteiger partial charge in [0.1, 0.15) is 11.6 Å². The van der Waals surface area contributed by atoms with Crippen molar-refractivity contribution in [2.45, 2.75) is 0 Å². The first-order valence-electron chi connectivity index (χ1n) is 7.76. The minimum Gasteiger partial charge on any atom is -0.223 e. The van der Waals surface area contributed by atoms with E-state index < -0.39 is 36.4 Å². The summed E-state index contributed by atoms with van der Waals surface area (Å²) in [4.78, 5) is 0. The molecular weight excluding hydrogens is 422 g/mol. The fourth-order valence-corrected chi connectivity index (χ4v) is 5.29. The molecule has 0 aliphatic heterocycles. The lowest BCUT2D eigenvalue weighted by atomic mass is 10.1. The molecule has 2 aromatic rings. The summed E-state index contributed by atoms with van der Waals surface area (Å²) in [5.74, 6) is -1.68.